The van der Waals surface area contributed by atoms with Crippen molar-refractivity contribution in [2.45, 2.75) is 38.5 Å². The topological polar surface area (TPSA) is 26.3 Å². The Bertz CT molecular complexity index is 184. The molecule has 0 radical (unpaired) electrons. The first-order valence-corrected chi connectivity index (χ1v) is 6.53. The largest absolute Gasteiger partial charge is 0.456 e. The van der Waals surface area contributed by atoms with Gasteiger partial charge in [-0.2, -0.15) is 0 Å². The van der Waals surface area contributed by atoms with Gasteiger partial charge < -0.3 is 4.74 Å². The molecule has 0 saturated carbocycles. The van der Waals surface area contributed by atoms with Crippen molar-refractivity contribution >= 4 is 28.6 Å². The van der Waals surface area contributed by atoms with Crippen LogP contribution in [-0.2, 0) is 9.53 Å². The van der Waals surface area contributed by atoms with Crippen molar-refractivity contribution in [3.05, 3.63) is 0 Å². The van der Waals surface area contributed by atoms with Gasteiger partial charge in [-0.05, 0) is 17.3 Å². The zero-order chi connectivity index (χ0) is 10.6. The number of ether oxygens (including phenoxy) is 1. The van der Waals surface area contributed by atoms with Gasteiger partial charge in [-0.15, -0.1) is 6.42 Å². The Kier molecular flexibility index (Phi) is 10.7. The Morgan fingerprint density at radius 2 is 1.71 bits per heavy atom. The van der Waals surface area contributed by atoms with Crippen molar-refractivity contribution in [1.29, 1.82) is 0 Å². The average molecular weight is 308 g/mol. The van der Waals surface area contributed by atoms with Crippen molar-refractivity contribution in [2.24, 2.45) is 0 Å². The molecule has 0 saturated heterocycles. The molecule has 0 amide bonds. The zero-order valence-corrected chi connectivity index (χ0v) is 10.6. The molecule has 0 aromatic rings. The minimum absolute atomic E-state index is 0.468. The van der Waals surface area contributed by atoms with Crippen LogP contribution in [0.15, 0.2) is 0 Å². The number of halogens is 1. The molecular formula is C11H17IO2. The lowest BCUT2D eigenvalue weighted by Gasteiger charge is -2.01. The predicted molar refractivity (Wildman–Crippen MR) is 66.4 cm³/mol. The van der Waals surface area contributed by atoms with E-state index in [1.165, 1.54) is 30.1 Å². The van der Waals surface area contributed by atoms with E-state index in [0.29, 0.717) is 6.61 Å². The normalized spacial score (nSPS) is 9.43. The highest BCUT2D eigenvalue weighted by atomic mass is 127. The molecule has 0 bridgehead atoms. The van der Waals surface area contributed by atoms with Gasteiger partial charge in [-0.25, -0.2) is 4.79 Å². The fourth-order valence-electron chi connectivity index (χ4n) is 1.11. The summed E-state index contributed by atoms with van der Waals surface area (Å²) >= 11 is 2.40. The van der Waals surface area contributed by atoms with E-state index in [9.17, 15) is 4.79 Å². The van der Waals surface area contributed by atoms with Crippen LogP contribution >= 0.6 is 22.6 Å². The van der Waals surface area contributed by atoms with Crippen LogP contribution in [0.3, 0.4) is 0 Å². The second-order valence-electron chi connectivity index (χ2n) is 3.09. The summed E-state index contributed by atoms with van der Waals surface area (Å²) in [5, 5.41) is 0. The number of rotatable bonds is 8. The summed E-state index contributed by atoms with van der Waals surface area (Å²) in [6.07, 6.45) is 12.0. The van der Waals surface area contributed by atoms with Crippen molar-refractivity contribution in [1.82, 2.24) is 0 Å². The lowest BCUT2D eigenvalue weighted by atomic mass is 10.1. The van der Waals surface area contributed by atoms with Crippen molar-refractivity contribution < 1.29 is 9.53 Å². The van der Waals surface area contributed by atoms with E-state index in [1.807, 2.05) is 5.92 Å². The molecular weight excluding hydrogens is 291 g/mol. The minimum Gasteiger partial charge on any atom is -0.456 e. The summed E-state index contributed by atoms with van der Waals surface area (Å²) < 4.78 is 5.99. The third-order valence-corrected chi connectivity index (χ3v) is 2.64. The van der Waals surface area contributed by atoms with Gasteiger partial charge in [0.1, 0.15) is 0 Å². The third kappa shape index (κ3) is 9.85. The summed E-state index contributed by atoms with van der Waals surface area (Å²) in [5.74, 6) is 1.38. The van der Waals surface area contributed by atoms with Gasteiger partial charge in [0.15, 0.2) is 0 Å². The number of terminal acetylenes is 1. The third-order valence-electron chi connectivity index (χ3n) is 1.88. The molecule has 0 aliphatic rings. The van der Waals surface area contributed by atoms with Gasteiger partial charge in [0.25, 0.3) is 0 Å². The number of carbonyl (C=O) groups is 1. The average Bonchev–Trinajstić information content (AvgIpc) is 2.21. The molecule has 0 heterocycles. The van der Waals surface area contributed by atoms with E-state index < -0.39 is 5.97 Å². The smallest absolute Gasteiger partial charge is 0.384 e. The Labute approximate surface area is 99.9 Å². The van der Waals surface area contributed by atoms with Crippen molar-refractivity contribution in [3.63, 3.8) is 0 Å². The second kappa shape index (κ2) is 10.8. The second-order valence-corrected chi connectivity index (χ2v) is 4.17. The van der Waals surface area contributed by atoms with E-state index in [4.69, 9.17) is 11.2 Å². The molecule has 0 rings (SSSR count). The van der Waals surface area contributed by atoms with E-state index in [0.717, 1.165) is 12.8 Å². The maximum Gasteiger partial charge on any atom is 0.384 e. The molecule has 0 N–H and O–H groups in total. The number of hydrogen-bond acceptors (Lipinski definition) is 2. The Morgan fingerprint density at radius 3 is 2.29 bits per heavy atom. The summed E-state index contributed by atoms with van der Waals surface area (Å²) in [6, 6.07) is 0. The Morgan fingerprint density at radius 1 is 1.14 bits per heavy atom. The highest BCUT2D eigenvalue weighted by Gasteiger charge is 1.95. The number of unbranched alkanes of at least 4 members (excludes halogenated alkanes) is 5. The van der Waals surface area contributed by atoms with Crippen LogP contribution < -0.4 is 0 Å². The molecule has 3 heteroatoms. The fraction of sp³-hybridized carbons (Fsp3) is 0.727. The van der Waals surface area contributed by atoms with E-state index >= 15 is 0 Å². The molecule has 0 aromatic heterocycles. The van der Waals surface area contributed by atoms with Gasteiger partial charge in [0.05, 0.1) is 6.61 Å². The van der Waals surface area contributed by atoms with Crippen LogP contribution in [0.25, 0.3) is 0 Å². The van der Waals surface area contributed by atoms with E-state index in [2.05, 4.69) is 22.6 Å². The quantitative estimate of drug-likeness (QED) is 0.172. The monoisotopic (exact) mass is 308 g/mol. The lowest BCUT2D eigenvalue weighted by Crippen LogP contribution is -2.02. The van der Waals surface area contributed by atoms with Gasteiger partial charge in [-0.3, -0.25) is 0 Å². The molecule has 0 aliphatic heterocycles. The summed E-state index contributed by atoms with van der Waals surface area (Å²) in [5.41, 5.74) is 0. The van der Waals surface area contributed by atoms with Crippen LogP contribution in [0.2, 0.25) is 0 Å². The first-order chi connectivity index (χ1) is 6.81. The molecule has 0 aliphatic carbocycles. The fourth-order valence-corrected chi connectivity index (χ4v) is 1.65. The molecule has 2 nitrogen and oxygen atoms in total. The maximum atomic E-state index is 10.5. The van der Waals surface area contributed by atoms with Crippen LogP contribution in [-0.4, -0.2) is 17.0 Å². The zero-order valence-electron chi connectivity index (χ0n) is 8.43. The van der Waals surface area contributed by atoms with Gasteiger partial charge >= 0.3 is 5.97 Å². The van der Waals surface area contributed by atoms with Crippen molar-refractivity contribution in [3.8, 4) is 12.3 Å². The SMILES string of the molecule is C#CC(=O)OCCCCCCCCI. The highest BCUT2D eigenvalue weighted by Crippen LogP contribution is 2.06. The Balaban J connectivity index is 3.00. The molecule has 0 atom stereocenters. The molecule has 0 spiro atoms. The van der Waals surface area contributed by atoms with Gasteiger partial charge in [0, 0.05) is 5.92 Å². The molecule has 0 fully saturated rings. The number of alkyl halides is 1. The first kappa shape index (κ1) is 13.8. The molecule has 80 valence electrons. The first-order valence-electron chi connectivity index (χ1n) is 5.00. The number of carbonyl (C=O) groups excluding carboxylic acids is 1. The van der Waals surface area contributed by atoms with Crippen molar-refractivity contribution in [2.75, 3.05) is 11.0 Å². The summed E-state index contributed by atoms with van der Waals surface area (Å²) in [7, 11) is 0. The summed E-state index contributed by atoms with van der Waals surface area (Å²) in [6.45, 7) is 0.468. The van der Waals surface area contributed by atoms with E-state index in [1.54, 1.807) is 0 Å². The Hall–Kier alpha value is -0.240. The maximum absolute atomic E-state index is 10.5. The van der Waals surface area contributed by atoms with Gasteiger partial charge in [0.2, 0.25) is 0 Å². The van der Waals surface area contributed by atoms with Crippen LogP contribution in [0, 0.1) is 12.3 Å². The van der Waals surface area contributed by atoms with Crippen LogP contribution in [0.5, 0.6) is 0 Å². The molecule has 0 unspecified atom stereocenters. The summed E-state index contributed by atoms with van der Waals surface area (Å²) in [4.78, 5) is 10.5. The minimum atomic E-state index is -0.546. The van der Waals surface area contributed by atoms with Gasteiger partial charge in [-0.1, -0.05) is 48.3 Å². The number of esters is 1. The highest BCUT2D eigenvalue weighted by molar-refractivity contribution is 14.1. The standard InChI is InChI=1S/C11H17IO2/c1-2-11(13)14-10-8-6-4-3-5-7-9-12/h1H,3-10H2. The van der Waals surface area contributed by atoms with Crippen LogP contribution in [0.1, 0.15) is 38.5 Å². The lowest BCUT2D eigenvalue weighted by molar-refractivity contribution is -0.136. The number of hydrogen-bond donors (Lipinski definition) is 0. The molecule has 0 aromatic carbocycles. The molecule has 14 heavy (non-hydrogen) atoms. The van der Waals surface area contributed by atoms with E-state index in [-0.39, 0.29) is 0 Å². The van der Waals surface area contributed by atoms with Crippen LogP contribution in [0.4, 0.5) is 0 Å². The predicted octanol–water partition coefficient (Wildman–Crippen LogP) is 2.94.